The van der Waals surface area contributed by atoms with Gasteiger partial charge in [-0.05, 0) is 29.8 Å². The lowest BCUT2D eigenvalue weighted by Gasteiger charge is -2.01. The first-order valence-corrected chi connectivity index (χ1v) is 5.98. The van der Waals surface area contributed by atoms with Crippen LogP contribution < -0.4 is 0 Å². The lowest BCUT2D eigenvalue weighted by molar-refractivity contribution is 0.403. The third kappa shape index (κ3) is 3.89. The minimum absolute atomic E-state index is 0.431. The second kappa shape index (κ2) is 6.66. The lowest BCUT2D eigenvalue weighted by Crippen LogP contribution is -2.02. The van der Waals surface area contributed by atoms with Crippen LogP contribution in [0.25, 0.3) is 0 Å². The zero-order valence-corrected chi connectivity index (χ0v) is 11.1. The van der Waals surface area contributed by atoms with Crippen LogP contribution in [0.3, 0.4) is 0 Å². The average Bonchev–Trinajstić information content (AvgIpc) is 2.45. The molecular formula is C14H12ClN3O. The Morgan fingerprint density at radius 3 is 2.74 bits per heavy atom. The zero-order valence-electron chi connectivity index (χ0n) is 10.3. The van der Waals surface area contributed by atoms with Gasteiger partial charge in [-0.25, -0.2) is 0 Å². The summed E-state index contributed by atoms with van der Waals surface area (Å²) in [5.74, 6) is 0.431. The third-order valence-corrected chi connectivity index (χ3v) is 2.56. The summed E-state index contributed by atoms with van der Waals surface area (Å²) in [7, 11) is 1.55. The van der Waals surface area contributed by atoms with Crippen LogP contribution in [0.1, 0.15) is 11.1 Å². The van der Waals surface area contributed by atoms with Crippen LogP contribution in [-0.4, -0.2) is 24.2 Å². The molecule has 0 saturated carbocycles. The van der Waals surface area contributed by atoms with Crippen LogP contribution in [-0.2, 0) is 4.74 Å². The molecule has 1 aromatic heterocycles. The van der Waals surface area contributed by atoms with E-state index in [2.05, 4.69) is 15.2 Å². The molecule has 0 saturated heterocycles. The summed E-state index contributed by atoms with van der Waals surface area (Å²) >= 11 is 5.88. The molecule has 0 aliphatic rings. The Labute approximate surface area is 116 Å². The largest absolute Gasteiger partial charge is 0.479 e. The maximum atomic E-state index is 5.88. The summed E-state index contributed by atoms with van der Waals surface area (Å²) in [6.07, 6.45) is 4.96. The maximum absolute atomic E-state index is 5.88. The van der Waals surface area contributed by atoms with Crippen molar-refractivity contribution in [1.82, 2.24) is 4.98 Å². The molecule has 19 heavy (non-hydrogen) atoms. The molecule has 0 amide bonds. The van der Waals surface area contributed by atoms with Crippen molar-refractivity contribution in [3.8, 4) is 0 Å². The van der Waals surface area contributed by atoms with Crippen LogP contribution >= 0.6 is 11.6 Å². The molecule has 5 heteroatoms. The maximum Gasteiger partial charge on any atom is 0.240 e. The Kier molecular flexibility index (Phi) is 4.64. The summed E-state index contributed by atoms with van der Waals surface area (Å²) in [5, 5.41) is 8.68. The van der Waals surface area contributed by atoms with Crippen LogP contribution in [0.4, 0.5) is 0 Å². The molecule has 2 aromatic rings. The smallest absolute Gasteiger partial charge is 0.240 e. The Balaban J connectivity index is 2.16. The van der Waals surface area contributed by atoms with Crippen LogP contribution in [0, 0.1) is 0 Å². The minimum atomic E-state index is 0.431. The molecule has 96 valence electrons. The van der Waals surface area contributed by atoms with Gasteiger partial charge in [0.15, 0.2) is 0 Å². The number of benzene rings is 1. The Bertz CT molecular complexity index is 597. The number of ether oxygens (including phenoxy) is 1. The van der Waals surface area contributed by atoms with Gasteiger partial charge >= 0.3 is 0 Å². The van der Waals surface area contributed by atoms with Crippen molar-refractivity contribution >= 4 is 23.7 Å². The van der Waals surface area contributed by atoms with E-state index in [-0.39, 0.29) is 0 Å². The SMILES string of the molecule is CO/C(=N/N=C/c1cccc(Cl)c1)c1ccncc1. The van der Waals surface area contributed by atoms with E-state index in [4.69, 9.17) is 16.3 Å². The predicted molar refractivity (Wildman–Crippen MR) is 76.8 cm³/mol. The first-order chi connectivity index (χ1) is 9.29. The molecule has 0 fully saturated rings. The number of pyridine rings is 1. The third-order valence-electron chi connectivity index (χ3n) is 2.32. The van der Waals surface area contributed by atoms with Gasteiger partial charge < -0.3 is 4.74 Å². The standard InChI is InChI=1S/C14H12ClN3O/c1-19-14(12-5-7-16-8-6-12)18-17-10-11-3-2-4-13(15)9-11/h2-10H,1H3/b17-10+,18-14+. The number of nitrogens with zero attached hydrogens (tertiary/aromatic N) is 3. The number of hydrogen-bond acceptors (Lipinski definition) is 4. The predicted octanol–water partition coefficient (Wildman–Crippen LogP) is 3.16. The molecular weight excluding hydrogens is 262 g/mol. The molecule has 1 heterocycles. The minimum Gasteiger partial charge on any atom is -0.479 e. The van der Waals surface area contributed by atoms with E-state index < -0.39 is 0 Å². The van der Waals surface area contributed by atoms with E-state index in [9.17, 15) is 0 Å². The van der Waals surface area contributed by atoms with E-state index in [0.29, 0.717) is 10.9 Å². The van der Waals surface area contributed by atoms with E-state index >= 15 is 0 Å². The molecule has 0 aliphatic carbocycles. The van der Waals surface area contributed by atoms with Gasteiger partial charge in [0.1, 0.15) is 0 Å². The van der Waals surface area contributed by atoms with Crippen molar-refractivity contribution in [3.63, 3.8) is 0 Å². The van der Waals surface area contributed by atoms with Gasteiger partial charge in [-0.1, -0.05) is 23.7 Å². The van der Waals surface area contributed by atoms with Crippen LogP contribution in [0.2, 0.25) is 5.02 Å². The Morgan fingerprint density at radius 1 is 1.26 bits per heavy atom. The number of hydrogen-bond donors (Lipinski definition) is 0. The number of rotatable bonds is 3. The van der Waals surface area contributed by atoms with Gasteiger partial charge in [-0.2, -0.15) is 5.10 Å². The van der Waals surface area contributed by atoms with Crippen molar-refractivity contribution in [2.75, 3.05) is 7.11 Å². The average molecular weight is 274 g/mol. The van der Waals surface area contributed by atoms with Crippen molar-refractivity contribution in [2.45, 2.75) is 0 Å². The van der Waals surface area contributed by atoms with E-state index in [0.717, 1.165) is 11.1 Å². The molecule has 0 spiro atoms. The molecule has 0 unspecified atom stereocenters. The molecule has 1 aromatic carbocycles. The topological polar surface area (TPSA) is 46.8 Å². The second-order valence-electron chi connectivity index (χ2n) is 3.64. The van der Waals surface area contributed by atoms with Gasteiger partial charge in [-0.15, -0.1) is 5.10 Å². The Hall–Kier alpha value is -2.20. The molecule has 0 aliphatic heterocycles. The van der Waals surface area contributed by atoms with E-state index in [1.807, 2.05) is 12.1 Å². The molecule has 0 radical (unpaired) electrons. The quantitative estimate of drug-likeness (QED) is 0.490. The molecule has 2 rings (SSSR count). The van der Waals surface area contributed by atoms with Crippen LogP contribution in [0.5, 0.6) is 0 Å². The lowest BCUT2D eigenvalue weighted by atomic mass is 10.2. The molecule has 4 nitrogen and oxygen atoms in total. The molecule has 0 atom stereocenters. The fourth-order valence-corrected chi connectivity index (χ4v) is 1.64. The van der Waals surface area contributed by atoms with E-state index in [1.165, 1.54) is 0 Å². The zero-order chi connectivity index (χ0) is 13.5. The summed E-state index contributed by atoms with van der Waals surface area (Å²) in [6.45, 7) is 0. The highest BCUT2D eigenvalue weighted by atomic mass is 35.5. The highest BCUT2D eigenvalue weighted by Gasteiger charge is 2.01. The van der Waals surface area contributed by atoms with Gasteiger partial charge in [0.25, 0.3) is 0 Å². The van der Waals surface area contributed by atoms with Gasteiger partial charge in [0, 0.05) is 23.0 Å². The molecule has 0 N–H and O–H groups in total. The van der Waals surface area contributed by atoms with E-state index in [1.54, 1.807) is 50.0 Å². The van der Waals surface area contributed by atoms with Gasteiger partial charge in [0.05, 0.1) is 13.3 Å². The summed E-state index contributed by atoms with van der Waals surface area (Å²) in [6, 6.07) is 11.0. The highest BCUT2D eigenvalue weighted by Crippen LogP contribution is 2.09. The highest BCUT2D eigenvalue weighted by molar-refractivity contribution is 6.30. The first kappa shape index (κ1) is 13.2. The normalized spacial score (nSPS) is 11.8. The fourth-order valence-electron chi connectivity index (χ4n) is 1.45. The Morgan fingerprint density at radius 2 is 2.05 bits per heavy atom. The van der Waals surface area contributed by atoms with Crippen LogP contribution in [0.15, 0.2) is 59.0 Å². The number of aromatic nitrogens is 1. The van der Waals surface area contributed by atoms with Crippen molar-refractivity contribution in [1.29, 1.82) is 0 Å². The van der Waals surface area contributed by atoms with Gasteiger partial charge in [0.2, 0.25) is 5.90 Å². The summed E-state index contributed by atoms with van der Waals surface area (Å²) in [5.41, 5.74) is 1.70. The first-order valence-electron chi connectivity index (χ1n) is 5.60. The van der Waals surface area contributed by atoms with Crippen molar-refractivity contribution in [3.05, 3.63) is 64.9 Å². The van der Waals surface area contributed by atoms with Crippen molar-refractivity contribution < 1.29 is 4.74 Å². The molecule has 0 bridgehead atoms. The number of halogens is 1. The fraction of sp³-hybridized carbons (Fsp3) is 0.0714. The van der Waals surface area contributed by atoms with Crippen molar-refractivity contribution in [2.24, 2.45) is 10.2 Å². The number of methoxy groups -OCH3 is 1. The van der Waals surface area contributed by atoms with Gasteiger partial charge in [-0.3, -0.25) is 4.98 Å². The second-order valence-corrected chi connectivity index (χ2v) is 4.08. The summed E-state index contributed by atoms with van der Waals surface area (Å²) in [4.78, 5) is 3.94. The monoisotopic (exact) mass is 273 g/mol. The summed E-state index contributed by atoms with van der Waals surface area (Å²) < 4.78 is 5.18.